The van der Waals surface area contributed by atoms with E-state index in [1.54, 1.807) is 11.3 Å². The van der Waals surface area contributed by atoms with Gasteiger partial charge in [-0.2, -0.15) is 0 Å². The van der Waals surface area contributed by atoms with Crippen LogP contribution in [0.4, 0.5) is 0 Å². The van der Waals surface area contributed by atoms with Gasteiger partial charge in [-0.3, -0.25) is 4.90 Å². The van der Waals surface area contributed by atoms with Crippen molar-refractivity contribution in [3.05, 3.63) is 16.1 Å². The van der Waals surface area contributed by atoms with Gasteiger partial charge in [0.1, 0.15) is 5.01 Å². The average molecular weight is 255 g/mol. The number of thiazole rings is 1. The van der Waals surface area contributed by atoms with E-state index in [4.69, 9.17) is 10.5 Å². The summed E-state index contributed by atoms with van der Waals surface area (Å²) in [6, 6.07) is 0. The van der Waals surface area contributed by atoms with E-state index in [0.29, 0.717) is 12.6 Å². The van der Waals surface area contributed by atoms with Crippen molar-refractivity contribution < 1.29 is 4.74 Å². The van der Waals surface area contributed by atoms with E-state index >= 15 is 0 Å². The molecule has 4 nitrogen and oxygen atoms in total. The van der Waals surface area contributed by atoms with Gasteiger partial charge in [0, 0.05) is 38.2 Å². The Labute approximate surface area is 107 Å². The van der Waals surface area contributed by atoms with Crippen LogP contribution in [0.1, 0.15) is 30.5 Å². The molecule has 1 fully saturated rings. The smallest absolute Gasteiger partial charge is 0.106 e. The maximum absolute atomic E-state index is 5.65. The fourth-order valence-corrected chi connectivity index (χ4v) is 2.88. The number of hydrogen-bond acceptors (Lipinski definition) is 5. The number of nitrogens with two attached hydrogens (primary N) is 1. The third kappa shape index (κ3) is 3.74. The fraction of sp³-hybridized carbons (Fsp3) is 0.750. The molecule has 0 saturated carbocycles. The SMILES string of the molecule is CCOC1CCN(Cc2csc(CN)n2)CC1. The van der Waals surface area contributed by atoms with Crippen molar-refractivity contribution in [2.45, 2.75) is 39.0 Å². The van der Waals surface area contributed by atoms with Crippen molar-refractivity contribution in [1.82, 2.24) is 9.88 Å². The molecule has 0 amide bonds. The zero-order chi connectivity index (χ0) is 12.1. The summed E-state index contributed by atoms with van der Waals surface area (Å²) in [5.41, 5.74) is 6.72. The molecule has 0 aromatic carbocycles. The highest BCUT2D eigenvalue weighted by molar-refractivity contribution is 7.09. The van der Waals surface area contributed by atoms with Crippen LogP contribution in [0.15, 0.2) is 5.38 Å². The molecular weight excluding hydrogens is 234 g/mol. The van der Waals surface area contributed by atoms with Gasteiger partial charge >= 0.3 is 0 Å². The van der Waals surface area contributed by atoms with Crippen LogP contribution in [0, 0.1) is 0 Å². The van der Waals surface area contributed by atoms with Gasteiger partial charge in [-0.15, -0.1) is 11.3 Å². The number of rotatable bonds is 5. The monoisotopic (exact) mass is 255 g/mol. The summed E-state index contributed by atoms with van der Waals surface area (Å²) in [7, 11) is 0. The molecule has 1 aromatic rings. The number of nitrogens with zero attached hydrogens (tertiary/aromatic N) is 2. The second-order valence-electron chi connectivity index (χ2n) is 4.37. The minimum absolute atomic E-state index is 0.464. The first-order valence-electron chi connectivity index (χ1n) is 6.29. The molecule has 17 heavy (non-hydrogen) atoms. The zero-order valence-electron chi connectivity index (χ0n) is 10.4. The molecule has 0 aliphatic carbocycles. The van der Waals surface area contributed by atoms with Crippen molar-refractivity contribution in [2.24, 2.45) is 5.73 Å². The zero-order valence-corrected chi connectivity index (χ0v) is 11.2. The summed E-state index contributed by atoms with van der Waals surface area (Å²) in [5, 5.41) is 3.15. The van der Waals surface area contributed by atoms with Crippen LogP contribution in [0.2, 0.25) is 0 Å². The molecule has 0 unspecified atom stereocenters. The van der Waals surface area contributed by atoms with Crippen molar-refractivity contribution in [1.29, 1.82) is 0 Å². The van der Waals surface area contributed by atoms with E-state index < -0.39 is 0 Å². The molecule has 0 bridgehead atoms. The van der Waals surface area contributed by atoms with Crippen LogP contribution >= 0.6 is 11.3 Å². The molecule has 1 aliphatic rings. The molecule has 0 radical (unpaired) electrons. The van der Waals surface area contributed by atoms with Crippen LogP contribution in [0.3, 0.4) is 0 Å². The predicted molar refractivity (Wildman–Crippen MR) is 69.9 cm³/mol. The summed E-state index contributed by atoms with van der Waals surface area (Å²) in [5.74, 6) is 0. The number of aromatic nitrogens is 1. The Balaban J connectivity index is 1.77. The Morgan fingerprint density at radius 1 is 1.53 bits per heavy atom. The summed E-state index contributed by atoms with van der Waals surface area (Å²) in [6.45, 7) is 6.62. The van der Waals surface area contributed by atoms with Gasteiger partial charge in [-0.1, -0.05) is 0 Å². The Morgan fingerprint density at radius 3 is 2.88 bits per heavy atom. The van der Waals surface area contributed by atoms with Crippen LogP contribution in [-0.4, -0.2) is 35.7 Å². The first-order chi connectivity index (χ1) is 8.31. The second kappa shape index (κ2) is 6.44. The van der Waals surface area contributed by atoms with Crippen LogP contribution in [0.25, 0.3) is 0 Å². The van der Waals surface area contributed by atoms with Gasteiger partial charge < -0.3 is 10.5 Å². The van der Waals surface area contributed by atoms with Crippen molar-refractivity contribution in [2.75, 3.05) is 19.7 Å². The molecule has 5 heteroatoms. The summed E-state index contributed by atoms with van der Waals surface area (Å²) < 4.78 is 5.65. The van der Waals surface area contributed by atoms with E-state index in [0.717, 1.165) is 49.8 Å². The van der Waals surface area contributed by atoms with Gasteiger partial charge in [0.05, 0.1) is 11.8 Å². The maximum Gasteiger partial charge on any atom is 0.106 e. The topological polar surface area (TPSA) is 51.4 Å². The first-order valence-corrected chi connectivity index (χ1v) is 7.17. The van der Waals surface area contributed by atoms with Gasteiger partial charge in [0.25, 0.3) is 0 Å². The number of likely N-dealkylation sites (tertiary alicyclic amines) is 1. The third-order valence-corrected chi connectivity index (χ3v) is 4.02. The largest absolute Gasteiger partial charge is 0.378 e. The summed E-state index contributed by atoms with van der Waals surface area (Å²) in [4.78, 5) is 6.95. The van der Waals surface area contributed by atoms with E-state index in [-0.39, 0.29) is 0 Å². The lowest BCUT2D eigenvalue weighted by molar-refractivity contribution is 0.0123. The minimum atomic E-state index is 0.464. The minimum Gasteiger partial charge on any atom is -0.378 e. The molecule has 1 saturated heterocycles. The quantitative estimate of drug-likeness (QED) is 0.868. The van der Waals surface area contributed by atoms with Crippen molar-refractivity contribution in [3.63, 3.8) is 0 Å². The fourth-order valence-electron chi connectivity index (χ4n) is 2.21. The Bertz CT molecular complexity index is 334. The Kier molecular flexibility index (Phi) is 4.91. The first kappa shape index (κ1) is 13.0. The van der Waals surface area contributed by atoms with Crippen molar-refractivity contribution in [3.8, 4) is 0 Å². The van der Waals surface area contributed by atoms with E-state index in [1.165, 1.54) is 0 Å². The molecule has 2 rings (SSSR count). The van der Waals surface area contributed by atoms with Crippen LogP contribution in [-0.2, 0) is 17.8 Å². The second-order valence-corrected chi connectivity index (χ2v) is 5.31. The molecule has 2 N–H and O–H groups in total. The van der Waals surface area contributed by atoms with Crippen LogP contribution < -0.4 is 5.73 Å². The highest BCUT2D eigenvalue weighted by atomic mass is 32.1. The van der Waals surface area contributed by atoms with Crippen LogP contribution in [0.5, 0.6) is 0 Å². The predicted octanol–water partition coefficient (Wildman–Crippen LogP) is 1.60. The average Bonchev–Trinajstić information content (AvgIpc) is 2.80. The van der Waals surface area contributed by atoms with Gasteiger partial charge in [-0.05, 0) is 19.8 Å². The highest BCUT2D eigenvalue weighted by Crippen LogP contribution is 2.17. The molecule has 0 spiro atoms. The maximum atomic E-state index is 5.65. The molecule has 1 aromatic heterocycles. The van der Waals surface area contributed by atoms with Gasteiger partial charge in [-0.25, -0.2) is 4.98 Å². The summed E-state index contributed by atoms with van der Waals surface area (Å²) >= 11 is 1.66. The molecule has 1 aliphatic heterocycles. The molecule has 0 atom stereocenters. The standard InChI is InChI=1S/C12H21N3OS/c1-2-16-11-3-5-15(6-4-11)8-10-9-17-12(7-13)14-10/h9,11H,2-8,13H2,1H3. The highest BCUT2D eigenvalue weighted by Gasteiger charge is 2.19. The third-order valence-electron chi connectivity index (χ3n) is 3.10. The molecular formula is C12H21N3OS. The Morgan fingerprint density at radius 2 is 2.29 bits per heavy atom. The normalized spacial score (nSPS) is 18.7. The van der Waals surface area contributed by atoms with Gasteiger partial charge in [0.15, 0.2) is 0 Å². The Hall–Kier alpha value is -0.490. The van der Waals surface area contributed by atoms with Crippen molar-refractivity contribution >= 4 is 11.3 Å². The van der Waals surface area contributed by atoms with E-state index in [1.807, 2.05) is 0 Å². The molecule has 96 valence electrons. The lowest BCUT2D eigenvalue weighted by Crippen LogP contribution is -2.36. The van der Waals surface area contributed by atoms with E-state index in [2.05, 4.69) is 22.2 Å². The number of piperidine rings is 1. The number of hydrogen-bond donors (Lipinski definition) is 1. The lowest BCUT2D eigenvalue weighted by atomic mass is 10.1. The summed E-state index contributed by atoms with van der Waals surface area (Å²) in [6.07, 6.45) is 2.75. The van der Waals surface area contributed by atoms with Gasteiger partial charge in [0.2, 0.25) is 0 Å². The number of ether oxygens (including phenoxy) is 1. The van der Waals surface area contributed by atoms with E-state index in [9.17, 15) is 0 Å². The molecule has 2 heterocycles. The lowest BCUT2D eigenvalue weighted by Gasteiger charge is -2.31.